The van der Waals surface area contributed by atoms with Gasteiger partial charge in [0.25, 0.3) is 17.7 Å². The van der Waals surface area contributed by atoms with Crippen molar-refractivity contribution in [3.8, 4) is 0 Å². The summed E-state index contributed by atoms with van der Waals surface area (Å²) < 4.78 is 4.55. The van der Waals surface area contributed by atoms with Gasteiger partial charge in [0, 0.05) is 5.41 Å². The zero-order chi connectivity index (χ0) is 16.6. The first-order valence-corrected chi connectivity index (χ1v) is 7.75. The normalized spacial score (nSPS) is 17.3. The Bertz CT molecular complexity index is 723. The monoisotopic (exact) mass is 332 g/mol. The van der Waals surface area contributed by atoms with Crippen LogP contribution in [0.25, 0.3) is 0 Å². The van der Waals surface area contributed by atoms with Crippen LogP contribution in [0.5, 0.6) is 0 Å². The number of hydrogen-bond donors (Lipinski definition) is 0. The van der Waals surface area contributed by atoms with Crippen molar-refractivity contribution in [3.05, 3.63) is 46.5 Å². The average molecular weight is 332 g/mol. The molecule has 23 heavy (non-hydrogen) atoms. The first kappa shape index (κ1) is 15.3. The molecule has 0 fully saturated rings. The summed E-state index contributed by atoms with van der Waals surface area (Å²) in [6, 6.07) is 6.40. The number of thioether (sulfide) groups is 1. The maximum absolute atomic E-state index is 12.5. The van der Waals surface area contributed by atoms with Gasteiger partial charge in [0.15, 0.2) is 0 Å². The van der Waals surface area contributed by atoms with Gasteiger partial charge in [-0.15, -0.1) is 11.8 Å². The van der Waals surface area contributed by atoms with Gasteiger partial charge in [-0.25, -0.2) is 4.90 Å². The van der Waals surface area contributed by atoms with Gasteiger partial charge in [0.2, 0.25) is 0 Å². The molecule has 0 atom stereocenters. The number of methoxy groups -OCH3 is 1. The van der Waals surface area contributed by atoms with Crippen LogP contribution in [0.2, 0.25) is 0 Å². The summed E-state index contributed by atoms with van der Waals surface area (Å²) in [5.41, 5.74) is 0.485. The molecule has 0 unspecified atom stereocenters. The third kappa shape index (κ3) is 2.50. The third-order valence-corrected chi connectivity index (χ3v) is 4.36. The van der Waals surface area contributed by atoms with Crippen LogP contribution in [0.1, 0.15) is 20.7 Å². The Labute approximate surface area is 135 Å². The van der Waals surface area contributed by atoms with E-state index in [1.807, 2.05) is 0 Å². The second-order valence-electron chi connectivity index (χ2n) is 4.87. The lowest BCUT2D eigenvalue weighted by atomic mass is 10.1. The molecule has 7 nitrogen and oxygen atoms in total. The van der Waals surface area contributed by atoms with Crippen molar-refractivity contribution in [1.82, 2.24) is 9.80 Å². The number of carbonyl (C=O) groups excluding carboxylic acids is 4. The van der Waals surface area contributed by atoms with Crippen molar-refractivity contribution in [3.63, 3.8) is 0 Å². The summed E-state index contributed by atoms with van der Waals surface area (Å²) in [5, 5.41) is 1.47. The lowest BCUT2D eigenvalue weighted by Crippen LogP contribution is -2.44. The molecule has 0 saturated carbocycles. The molecule has 2 heterocycles. The third-order valence-electron chi connectivity index (χ3n) is 3.51. The predicted octanol–water partition coefficient (Wildman–Crippen LogP) is 0.830. The molecule has 0 aliphatic carbocycles. The maximum Gasteiger partial charge on any atom is 0.325 e. The van der Waals surface area contributed by atoms with Crippen LogP contribution >= 0.6 is 11.8 Å². The van der Waals surface area contributed by atoms with Crippen molar-refractivity contribution in [2.75, 3.05) is 19.5 Å². The van der Waals surface area contributed by atoms with Crippen LogP contribution in [0.4, 0.5) is 0 Å². The predicted molar refractivity (Wildman–Crippen MR) is 81.2 cm³/mol. The molecule has 3 amide bonds. The van der Waals surface area contributed by atoms with Crippen LogP contribution in [-0.2, 0) is 14.3 Å². The molecular weight excluding hydrogens is 320 g/mol. The molecule has 1 aromatic carbocycles. The highest BCUT2D eigenvalue weighted by Gasteiger charge is 2.41. The van der Waals surface area contributed by atoms with E-state index in [2.05, 4.69) is 4.74 Å². The molecule has 0 N–H and O–H groups in total. The highest BCUT2D eigenvalue weighted by molar-refractivity contribution is 8.02. The molecule has 2 aliphatic heterocycles. The van der Waals surface area contributed by atoms with Gasteiger partial charge >= 0.3 is 5.97 Å². The fourth-order valence-corrected chi connectivity index (χ4v) is 3.20. The van der Waals surface area contributed by atoms with E-state index in [1.54, 1.807) is 24.3 Å². The molecule has 8 heteroatoms. The zero-order valence-corrected chi connectivity index (χ0v) is 13.0. The molecule has 2 aliphatic rings. The quantitative estimate of drug-likeness (QED) is 0.602. The van der Waals surface area contributed by atoms with Crippen LogP contribution < -0.4 is 0 Å². The standard InChI is InChI=1S/C15H12N2O5S/c1-22-12(18)6-16-8-23-7-11(15(16)21)17-13(19)9-4-2-3-5-10(9)14(17)20/h2-5,7H,6,8H2,1H3. The highest BCUT2D eigenvalue weighted by atomic mass is 32.2. The molecule has 0 aromatic heterocycles. The van der Waals surface area contributed by atoms with Gasteiger partial charge in [0.05, 0.1) is 24.1 Å². The van der Waals surface area contributed by atoms with Crippen LogP contribution in [0.15, 0.2) is 35.4 Å². The van der Waals surface area contributed by atoms with E-state index in [0.29, 0.717) is 0 Å². The van der Waals surface area contributed by atoms with Crippen LogP contribution in [-0.4, -0.2) is 53.0 Å². The number of esters is 1. The number of rotatable bonds is 3. The molecule has 0 radical (unpaired) electrons. The van der Waals surface area contributed by atoms with Gasteiger partial charge < -0.3 is 9.64 Å². The smallest absolute Gasteiger partial charge is 0.325 e. The number of nitrogens with zero attached hydrogens (tertiary/aromatic N) is 2. The largest absolute Gasteiger partial charge is 0.468 e. The first-order valence-electron chi connectivity index (χ1n) is 6.70. The molecule has 0 spiro atoms. The number of benzene rings is 1. The van der Waals surface area contributed by atoms with E-state index in [0.717, 1.165) is 4.90 Å². The van der Waals surface area contributed by atoms with Crippen molar-refractivity contribution in [2.24, 2.45) is 0 Å². The summed E-state index contributed by atoms with van der Waals surface area (Å²) >= 11 is 1.23. The van der Waals surface area contributed by atoms with E-state index in [9.17, 15) is 19.2 Å². The van der Waals surface area contributed by atoms with Gasteiger partial charge in [-0.05, 0) is 12.1 Å². The minimum Gasteiger partial charge on any atom is -0.468 e. The molecular formula is C15H12N2O5S. The van der Waals surface area contributed by atoms with Gasteiger partial charge in [-0.2, -0.15) is 0 Å². The molecule has 118 valence electrons. The van der Waals surface area contributed by atoms with Crippen molar-refractivity contribution < 1.29 is 23.9 Å². The Hall–Kier alpha value is -2.61. The Morgan fingerprint density at radius 3 is 2.30 bits per heavy atom. The summed E-state index contributed by atoms with van der Waals surface area (Å²) in [6.07, 6.45) is 0. The molecule has 1 aromatic rings. The molecule has 3 rings (SSSR count). The minimum absolute atomic E-state index is 0.0450. The minimum atomic E-state index is -0.567. The summed E-state index contributed by atoms with van der Waals surface area (Å²) in [6.45, 7) is -0.233. The van der Waals surface area contributed by atoms with E-state index >= 15 is 0 Å². The van der Waals surface area contributed by atoms with Crippen molar-refractivity contribution >= 4 is 35.5 Å². The fourth-order valence-electron chi connectivity index (χ4n) is 2.37. The zero-order valence-electron chi connectivity index (χ0n) is 12.1. The van der Waals surface area contributed by atoms with Gasteiger partial charge in [-0.3, -0.25) is 19.2 Å². The van der Waals surface area contributed by atoms with E-state index in [-0.39, 0.29) is 29.2 Å². The second kappa shape index (κ2) is 5.88. The Morgan fingerprint density at radius 1 is 1.13 bits per heavy atom. The van der Waals surface area contributed by atoms with Gasteiger partial charge in [0.1, 0.15) is 12.2 Å². The Balaban J connectivity index is 1.89. The van der Waals surface area contributed by atoms with E-state index in [1.165, 1.54) is 29.2 Å². The molecule has 0 bridgehead atoms. The number of carbonyl (C=O) groups is 4. The van der Waals surface area contributed by atoms with Crippen molar-refractivity contribution in [2.45, 2.75) is 0 Å². The lowest BCUT2D eigenvalue weighted by molar-refractivity contribution is -0.145. The number of hydrogen-bond acceptors (Lipinski definition) is 6. The van der Waals surface area contributed by atoms with Crippen molar-refractivity contribution in [1.29, 1.82) is 0 Å². The number of fused-ring (bicyclic) bond motifs is 1. The van der Waals surface area contributed by atoms with E-state index in [4.69, 9.17) is 0 Å². The summed E-state index contributed by atoms with van der Waals surface area (Å²) in [7, 11) is 1.23. The molecule has 0 saturated heterocycles. The first-order chi connectivity index (χ1) is 11.0. The van der Waals surface area contributed by atoms with E-state index < -0.39 is 23.7 Å². The fraction of sp³-hybridized carbons (Fsp3) is 0.200. The van der Waals surface area contributed by atoms with Gasteiger partial charge in [-0.1, -0.05) is 12.1 Å². The Morgan fingerprint density at radius 2 is 1.74 bits per heavy atom. The Kier molecular flexibility index (Phi) is 3.91. The van der Waals surface area contributed by atoms with Crippen LogP contribution in [0.3, 0.4) is 0 Å². The summed E-state index contributed by atoms with van der Waals surface area (Å²) in [4.78, 5) is 50.8. The van der Waals surface area contributed by atoms with Crippen LogP contribution in [0, 0.1) is 0 Å². The maximum atomic E-state index is 12.5. The number of amides is 3. The number of imide groups is 1. The SMILES string of the molecule is COC(=O)CN1CSC=C(N2C(=O)c3ccccc3C2=O)C1=O. The average Bonchev–Trinajstić information content (AvgIpc) is 2.81. The topological polar surface area (TPSA) is 84.0 Å². The summed E-state index contributed by atoms with van der Waals surface area (Å²) in [5.74, 6) is -1.94. The highest BCUT2D eigenvalue weighted by Crippen LogP contribution is 2.30. The number of ether oxygens (including phenoxy) is 1. The second-order valence-corrected chi connectivity index (χ2v) is 5.70. The lowest BCUT2D eigenvalue weighted by Gasteiger charge is -2.28.